The van der Waals surface area contributed by atoms with E-state index in [1.165, 1.54) is 12.8 Å². The van der Waals surface area contributed by atoms with Crippen LogP contribution in [0.2, 0.25) is 0 Å². The maximum atomic E-state index is 13.0. The zero-order valence-electron chi connectivity index (χ0n) is 12.4. The zero-order chi connectivity index (χ0) is 13.7. The Hall–Kier alpha value is -0.610. The second-order valence-corrected chi connectivity index (χ2v) is 6.16. The summed E-state index contributed by atoms with van der Waals surface area (Å²) in [5, 5.41) is 3.35. The van der Waals surface area contributed by atoms with Crippen LogP contribution >= 0.6 is 0 Å². The number of nitrogens with one attached hydrogen (secondary N) is 1. The molecule has 2 aliphatic rings. The Labute approximate surface area is 116 Å². The zero-order valence-corrected chi connectivity index (χ0v) is 12.4. The minimum atomic E-state index is -0.279. The topological polar surface area (TPSA) is 41.6 Å². The fraction of sp³-hybridized carbons (Fsp3) is 0.933. The summed E-state index contributed by atoms with van der Waals surface area (Å²) in [6.45, 7) is 5.55. The summed E-state index contributed by atoms with van der Waals surface area (Å²) in [5.74, 6) is 0.338. The van der Waals surface area contributed by atoms with Crippen LogP contribution in [0.25, 0.3) is 0 Å². The first kappa shape index (κ1) is 14.8. The van der Waals surface area contributed by atoms with Gasteiger partial charge in [0.1, 0.15) is 0 Å². The van der Waals surface area contributed by atoms with Gasteiger partial charge in [0.25, 0.3) is 0 Å². The van der Waals surface area contributed by atoms with Crippen LogP contribution in [0, 0.1) is 5.41 Å². The van der Waals surface area contributed by atoms with Crippen molar-refractivity contribution in [3.05, 3.63) is 0 Å². The normalized spacial score (nSPS) is 27.9. The Morgan fingerprint density at radius 2 is 2.05 bits per heavy atom. The predicted octanol–water partition coefficient (Wildman–Crippen LogP) is 1.79. The van der Waals surface area contributed by atoms with Crippen LogP contribution in [-0.4, -0.2) is 50.2 Å². The van der Waals surface area contributed by atoms with Crippen LogP contribution in [0.15, 0.2) is 0 Å². The molecule has 2 saturated heterocycles. The molecule has 0 radical (unpaired) electrons. The van der Waals surface area contributed by atoms with Gasteiger partial charge in [-0.15, -0.1) is 0 Å². The van der Waals surface area contributed by atoms with Crippen LogP contribution in [0.5, 0.6) is 0 Å². The summed E-state index contributed by atoms with van der Waals surface area (Å²) >= 11 is 0. The maximum absolute atomic E-state index is 13.0. The summed E-state index contributed by atoms with van der Waals surface area (Å²) < 4.78 is 5.39. The van der Waals surface area contributed by atoms with E-state index < -0.39 is 0 Å². The minimum absolute atomic E-state index is 0.279. The van der Waals surface area contributed by atoms with E-state index in [9.17, 15) is 4.79 Å². The molecule has 4 nitrogen and oxygen atoms in total. The number of likely N-dealkylation sites (tertiary alicyclic amines) is 1. The van der Waals surface area contributed by atoms with Crippen molar-refractivity contribution in [1.29, 1.82) is 0 Å². The maximum Gasteiger partial charge on any atom is 0.231 e. The van der Waals surface area contributed by atoms with Gasteiger partial charge >= 0.3 is 0 Å². The summed E-state index contributed by atoms with van der Waals surface area (Å²) in [6.07, 6.45) is 6.62. The molecule has 0 aromatic rings. The lowest BCUT2D eigenvalue weighted by Gasteiger charge is -2.41. The molecule has 2 aliphatic heterocycles. The van der Waals surface area contributed by atoms with Crippen LogP contribution in [0.1, 0.15) is 45.4 Å². The molecule has 0 aliphatic carbocycles. The first-order valence-corrected chi connectivity index (χ1v) is 7.70. The van der Waals surface area contributed by atoms with Crippen LogP contribution < -0.4 is 5.32 Å². The summed E-state index contributed by atoms with van der Waals surface area (Å²) in [5.41, 5.74) is -0.279. The van der Waals surface area contributed by atoms with Gasteiger partial charge in [-0.3, -0.25) is 4.79 Å². The van der Waals surface area contributed by atoms with E-state index in [0.717, 1.165) is 45.3 Å². The lowest BCUT2D eigenvalue weighted by atomic mass is 9.78. The molecule has 19 heavy (non-hydrogen) atoms. The standard InChI is InChI=1S/C15H28N2O2/c1-13-6-4-3-5-11-17(13)14(18)15(12-19-2)7-9-16-10-8-15/h13,16H,3-12H2,1-2H3. The number of amides is 1. The van der Waals surface area contributed by atoms with E-state index in [0.29, 0.717) is 18.6 Å². The van der Waals surface area contributed by atoms with Gasteiger partial charge in [-0.2, -0.15) is 0 Å². The molecule has 0 aromatic heterocycles. The number of rotatable bonds is 3. The molecular formula is C15H28N2O2. The molecule has 110 valence electrons. The number of methoxy groups -OCH3 is 1. The molecule has 0 spiro atoms. The third kappa shape index (κ3) is 3.29. The summed E-state index contributed by atoms with van der Waals surface area (Å²) in [4.78, 5) is 15.2. The second-order valence-electron chi connectivity index (χ2n) is 6.16. The fourth-order valence-corrected chi connectivity index (χ4v) is 3.48. The predicted molar refractivity (Wildman–Crippen MR) is 76.1 cm³/mol. The van der Waals surface area contributed by atoms with E-state index in [4.69, 9.17) is 4.74 Å². The highest BCUT2D eigenvalue weighted by molar-refractivity contribution is 5.83. The van der Waals surface area contributed by atoms with E-state index in [2.05, 4.69) is 17.1 Å². The molecule has 4 heteroatoms. The Balaban J connectivity index is 2.13. The number of nitrogens with zero attached hydrogens (tertiary/aromatic N) is 1. The van der Waals surface area contributed by atoms with Gasteiger partial charge in [0.05, 0.1) is 12.0 Å². The Morgan fingerprint density at radius 3 is 2.74 bits per heavy atom. The van der Waals surface area contributed by atoms with Crippen molar-refractivity contribution in [3.8, 4) is 0 Å². The van der Waals surface area contributed by atoms with Crippen LogP contribution in [0.4, 0.5) is 0 Å². The van der Waals surface area contributed by atoms with Gasteiger partial charge in [-0.25, -0.2) is 0 Å². The van der Waals surface area contributed by atoms with Crippen molar-refractivity contribution < 1.29 is 9.53 Å². The molecule has 1 N–H and O–H groups in total. The smallest absolute Gasteiger partial charge is 0.231 e. The average molecular weight is 268 g/mol. The number of carbonyl (C=O) groups is 1. The molecule has 1 unspecified atom stereocenters. The monoisotopic (exact) mass is 268 g/mol. The van der Waals surface area contributed by atoms with Crippen molar-refractivity contribution in [1.82, 2.24) is 10.2 Å². The largest absolute Gasteiger partial charge is 0.384 e. The number of carbonyl (C=O) groups excluding carboxylic acids is 1. The lowest BCUT2D eigenvalue weighted by Crippen LogP contribution is -2.53. The van der Waals surface area contributed by atoms with Crippen molar-refractivity contribution in [2.75, 3.05) is 33.4 Å². The number of piperidine rings is 1. The minimum Gasteiger partial charge on any atom is -0.384 e. The molecule has 2 rings (SSSR count). The first-order valence-electron chi connectivity index (χ1n) is 7.70. The third-order valence-electron chi connectivity index (χ3n) is 4.75. The van der Waals surface area contributed by atoms with E-state index in [1.807, 2.05) is 0 Å². The summed E-state index contributed by atoms with van der Waals surface area (Å²) in [6, 6.07) is 0.388. The summed E-state index contributed by atoms with van der Waals surface area (Å²) in [7, 11) is 1.71. The second kappa shape index (κ2) is 6.71. The van der Waals surface area contributed by atoms with Gasteiger partial charge in [0.2, 0.25) is 5.91 Å². The van der Waals surface area contributed by atoms with E-state index in [1.54, 1.807) is 7.11 Å². The van der Waals surface area contributed by atoms with Gasteiger partial charge in [-0.05, 0) is 45.7 Å². The first-order chi connectivity index (χ1) is 9.19. The van der Waals surface area contributed by atoms with Gasteiger partial charge in [0, 0.05) is 19.7 Å². The Kier molecular flexibility index (Phi) is 5.22. The number of hydrogen-bond acceptors (Lipinski definition) is 3. The van der Waals surface area contributed by atoms with Crippen LogP contribution in [-0.2, 0) is 9.53 Å². The highest BCUT2D eigenvalue weighted by Gasteiger charge is 2.43. The van der Waals surface area contributed by atoms with E-state index >= 15 is 0 Å². The van der Waals surface area contributed by atoms with Gasteiger partial charge in [-0.1, -0.05) is 12.8 Å². The average Bonchev–Trinajstić information content (AvgIpc) is 2.64. The number of hydrogen-bond donors (Lipinski definition) is 1. The fourth-order valence-electron chi connectivity index (χ4n) is 3.48. The van der Waals surface area contributed by atoms with Gasteiger partial charge in [0.15, 0.2) is 0 Å². The lowest BCUT2D eigenvalue weighted by molar-refractivity contribution is -0.149. The number of ether oxygens (including phenoxy) is 1. The van der Waals surface area contributed by atoms with Crippen LogP contribution in [0.3, 0.4) is 0 Å². The Bertz CT molecular complexity index is 295. The molecular weight excluding hydrogens is 240 g/mol. The molecule has 0 aromatic carbocycles. The molecule has 0 bridgehead atoms. The molecule has 0 saturated carbocycles. The van der Waals surface area contributed by atoms with Gasteiger partial charge < -0.3 is 15.0 Å². The third-order valence-corrected chi connectivity index (χ3v) is 4.75. The SMILES string of the molecule is COCC1(C(=O)N2CCCCCC2C)CCNCC1. The molecule has 2 heterocycles. The molecule has 1 atom stereocenters. The highest BCUT2D eigenvalue weighted by Crippen LogP contribution is 2.33. The molecule has 2 fully saturated rings. The van der Waals surface area contributed by atoms with Crippen molar-refractivity contribution >= 4 is 5.91 Å². The van der Waals surface area contributed by atoms with Crippen molar-refractivity contribution in [2.45, 2.75) is 51.5 Å². The quantitative estimate of drug-likeness (QED) is 0.848. The Morgan fingerprint density at radius 1 is 1.32 bits per heavy atom. The van der Waals surface area contributed by atoms with Crippen molar-refractivity contribution in [2.24, 2.45) is 5.41 Å². The molecule has 1 amide bonds. The highest BCUT2D eigenvalue weighted by atomic mass is 16.5. The van der Waals surface area contributed by atoms with Crippen molar-refractivity contribution in [3.63, 3.8) is 0 Å². The van der Waals surface area contributed by atoms with E-state index in [-0.39, 0.29) is 5.41 Å².